The highest BCUT2D eigenvalue weighted by Crippen LogP contribution is 2.22. The summed E-state index contributed by atoms with van der Waals surface area (Å²) in [5.41, 5.74) is 1.92. The van der Waals surface area contributed by atoms with Crippen molar-refractivity contribution in [3.05, 3.63) is 64.7 Å². The monoisotopic (exact) mass is 358 g/mol. The molecular weight excluding hydrogens is 336 g/mol. The Morgan fingerprint density at radius 3 is 2.52 bits per heavy atom. The van der Waals surface area contributed by atoms with Crippen molar-refractivity contribution in [3.8, 4) is 5.75 Å². The van der Waals surface area contributed by atoms with E-state index < -0.39 is 0 Å². The molecule has 0 radical (unpaired) electrons. The number of rotatable bonds is 7. The summed E-state index contributed by atoms with van der Waals surface area (Å²) in [6.45, 7) is 4.12. The maximum absolute atomic E-state index is 12.2. The van der Waals surface area contributed by atoms with Gasteiger partial charge in [0.05, 0.1) is 11.6 Å². The van der Waals surface area contributed by atoms with Crippen molar-refractivity contribution in [2.75, 3.05) is 26.2 Å². The number of likely N-dealkylation sites (tertiary alicyclic amines) is 1. The molecule has 5 heteroatoms. The number of para-hydroxylation sites is 1. The van der Waals surface area contributed by atoms with E-state index in [4.69, 9.17) is 16.3 Å². The predicted molar refractivity (Wildman–Crippen MR) is 100 cm³/mol. The number of hydrogen-bond acceptors (Lipinski definition) is 3. The average Bonchev–Trinajstić information content (AvgIpc) is 3.13. The molecular formula is C20H23ClN2O2. The highest BCUT2D eigenvalue weighted by atomic mass is 35.5. The Hall–Kier alpha value is -2.04. The van der Waals surface area contributed by atoms with Crippen molar-refractivity contribution < 1.29 is 9.53 Å². The van der Waals surface area contributed by atoms with Crippen LogP contribution < -0.4 is 10.1 Å². The van der Waals surface area contributed by atoms with Gasteiger partial charge in [-0.2, -0.15) is 0 Å². The maximum atomic E-state index is 12.2. The molecule has 0 aliphatic carbocycles. The maximum Gasteiger partial charge on any atom is 0.251 e. The lowest BCUT2D eigenvalue weighted by molar-refractivity contribution is 0.0947. The molecule has 0 spiro atoms. The van der Waals surface area contributed by atoms with E-state index in [1.165, 1.54) is 31.5 Å². The van der Waals surface area contributed by atoms with Gasteiger partial charge in [0, 0.05) is 12.1 Å². The Kier molecular flexibility index (Phi) is 6.31. The molecule has 3 rings (SSSR count). The normalized spacial score (nSPS) is 14.4. The van der Waals surface area contributed by atoms with E-state index >= 15 is 0 Å². The lowest BCUT2D eigenvalue weighted by Gasteiger charge is -2.14. The van der Waals surface area contributed by atoms with Crippen LogP contribution in [0.4, 0.5) is 0 Å². The smallest absolute Gasteiger partial charge is 0.251 e. The number of ether oxygens (including phenoxy) is 1. The summed E-state index contributed by atoms with van der Waals surface area (Å²) in [7, 11) is 0. The van der Waals surface area contributed by atoms with E-state index in [2.05, 4.69) is 10.2 Å². The van der Waals surface area contributed by atoms with Crippen molar-refractivity contribution in [1.29, 1.82) is 0 Å². The third-order valence-electron chi connectivity index (χ3n) is 4.30. The summed E-state index contributed by atoms with van der Waals surface area (Å²) >= 11 is 6.02. The van der Waals surface area contributed by atoms with Gasteiger partial charge in [-0.1, -0.05) is 35.9 Å². The van der Waals surface area contributed by atoms with Crippen LogP contribution in [0, 0.1) is 0 Å². The van der Waals surface area contributed by atoms with Crippen molar-refractivity contribution in [2.24, 2.45) is 0 Å². The summed E-state index contributed by atoms with van der Waals surface area (Å²) < 4.78 is 5.56. The molecule has 1 N–H and O–H groups in total. The van der Waals surface area contributed by atoms with Gasteiger partial charge in [-0.3, -0.25) is 9.69 Å². The van der Waals surface area contributed by atoms with Crippen molar-refractivity contribution >= 4 is 17.5 Å². The fraction of sp³-hybridized carbons (Fsp3) is 0.350. The quantitative estimate of drug-likeness (QED) is 0.766. The minimum Gasteiger partial charge on any atom is -0.490 e. The van der Waals surface area contributed by atoms with E-state index in [1.54, 1.807) is 6.07 Å². The van der Waals surface area contributed by atoms with Gasteiger partial charge in [-0.25, -0.2) is 0 Å². The predicted octanol–water partition coefficient (Wildman–Crippen LogP) is 3.74. The first-order valence-corrected chi connectivity index (χ1v) is 9.07. The molecule has 1 fully saturated rings. The second-order valence-corrected chi connectivity index (χ2v) is 6.62. The molecule has 132 valence electrons. The van der Waals surface area contributed by atoms with E-state index in [-0.39, 0.29) is 5.91 Å². The third-order valence-corrected chi connectivity index (χ3v) is 4.62. The van der Waals surface area contributed by atoms with Crippen LogP contribution >= 0.6 is 11.6 Å². The van der Waals surface area contributed by atoms with Gasteiger partial charge < -0.3 is 10.1 Å². The number of benzene rings is 2. The molecule has 1 amide bonds. The number of amides is 1. The fourth-order valence-corrected chi connectivity index (χ4v) is 3.14. The molecule has 2 aromatic carbocycles. The Bertz CT molecular complexity index is 697. The van der Waals surface area contributed by atoms with Crippen LogP contribution in [0.15, 0.2) is 48.5 Å². The minimum absolute atomic E-state index is 0.0875. The van der Waals surface area contributed by atoms with Crippen molar-refractivity contribution in [3.63, 3.8) is 0 Å². The van der Waals surface area contributed by atoms with Crippen LogP contribution in [0.5, 0.6) is 5.75 Å². The molecule has 0 unspecified atom stereocenters. The summed E-state index contributed by atoms with van der Waals surface area (Å²) in [6, 6.07) is 15.1. The molecule has 0 aromatic heterocycles. The molecule has 0 bridgehead atoms. The van der Waals surface area contributed by atoms with Gasteiger partial charge in [-0.05, 0) is 55.8 Å². The zero-order valence-electron chi connectivity index (χ0n) is 14.2. The molecule has 1 aliphatic heterocycles. The SMILES string of the molecule is O=C(NCCOc1ccccc1Cl)c1ccc(CN2CCCC2)cc1. The van der Waals surface area contributed by atoms with Crippen LogP contribution in [0.25, 0.3) is 0 Å². The first-order chi connectivity index (χ1) is 12.2. The van der Waals surface area contributed by atoms with Crippen LogP contribution in [0.3, 0.4) is 0 Å². The van der Waals surface area contributed by atoms with Crippen LogP contribution in [0.2, 0.25) is 5.02 Å². The largest absolute Gasteiger partial charge is 0.490 e. The molecule has 1 aliphatic rings. The standard InChI is InChI=1S/C20H23ClN2O2/c21-18-5-1-2-6-19(18)25-14-11-22-20(24)17-9-7-16(8-10-17)15-23-12-3-4-13-23/h1-2,5-10H,3-4,11-15H2,(H,22,24). The van der Waals surface area contributed by atoms with Gasteiger partial charge in [0.25, 0.3) is 5.91 Å². The highest BCUT2D eigenvalue weighted by molar-refractivity contribution is 6.32. The summed E-state index contributed by atoms with van der Waals surface area (Å²) in [4.78, 5) is 14.6. The Morgan fingerprint density at radius 1 is 1.08 bits per heavy atom. The third kappa shape index (κ3) is 5.21. The van der Waals surface area contributed by atoms with Crippen LogP contribution in [0.1, 0.15) is 28.8 Å². The number of hydrogen-bond donors (Lipinski definition) is 1. The topological polar surface area (TPSA) is 41.6 Å². The highest BCUT2D eigenvalue weighted by Gasteiger charge is 2.12. The van der Waals surface area contributed by atoms with E-state index in [0.29, 0.717) is 29.5 Å². The first kappa shape index (κ1) is 17.8. The lowest BCUT2D eigenvalue weighted by Crippen LogP contribution is -2.28. The Labute approximate surface area is 153 Å². The second-order valence-electron chi connectivity index (χ2n) is 6.21. The number of nitrogens with one attached hydrogen (secondary N) is 1. The van der Waals surface area contributed by atoms with E-state index in [0.717, 1.165) is 6.54 Å². The van der Waals surface area contributed by atoms with Gasteiger partial charge in [-0.15, -0.1) is 0 Å². The fourth-order valence-electron chi connectivity index (χ4n) is 2.95. The number of halogens is 1. The summed E-state index contributed by atoms with van der Waals surface area (Å²) in [5, 5.41) is 3.44. The van der Waals surface area contributed by atoms with Gasteiger partial charge in [0.1, 0.15) is 12.4 Å². The van der Waals surface area contributed by atoms with E-state index in [1.807, 2.05) is 42.5 Å². The Balaban J connectivity index is 1.42. The van der Waals surface area contributed by atoms with Crippen LogP contribution in [-0.4, -0.2) is 37.0 Å². The van der Waals surface area contributed by atoms with Crippen LogP contribution in [-0.2, 0) is 6.54 Å². The molecule has 2 aromatic rings. The van der Waals surface area contributed by atoms with Crippen molar-refractivity contribution in [2.45, 2.75) is 19.4 Å². The first-order valence-electron chi connectivity index (χ1n) is 8.69. The van der Waals surface area contributed by atoms with Crippen molar-refractivity contribution in [1.82, 2.24) is 10.2 Å². The lowest BCUT2D eigenvalue weighted by atomic mass is 10.1. The zero-order chi connectivity index (χ0) is 17.5. The molecule has 1 heterocycles. The van der Waals surface area contributed by atoms with Gasteiger partial charge in [0.15, 0.2) is 0 Å². The van der Waals surface area contributed by atoms with E-state index in [9.17, 15) is 4.79 Å². The summed E-state index contributed by atoms with van der Waals surface area (Å²) in [6.07, 6.45) is 2.58. The molecule has 4 nitrogen and oxygen atoms in total. The average molecular weight is 359 g/mol. The number of carbonyl (C=O) groups excluding carboxylic acids is 1. The zero-order valence-corrected chi connectivity index (χ0v) is 15.0. The summed E-state index contributed by atoms with van der Waals surface area (Å²) in [5.74, 6) is 0.542. The molecule has 25 heavy (non-hydrogen) atoms. The van der Waals surface area contributed by atoms with Gasteiger partial charge >= 0.3 is 0 Å². The Morgan fingerprint density at radius 2 is 1.80 bits per heavy atom. The molecule has 0 saturated carbocycles. The number of nitrogens with zero attached hydrogens (tertiary/aromatic N) is 1. The minimum atomic E-state index is -0.0875. The molecule has 0 atom stereocenters. The number of carbonyl (C=O) groups is 1. The second kappa shape index (κ2) is 8.88. The molecule has 1 saturated heterocycles. The van der Waals surface area contributed by atoms with Gasteiger partial charge in [0.2, 0.25) is 0 Å².